The fourth-order valence-electron chi connectivity index (χ4n) is 8.73. The number of likely N-dealkylation sites (N-methyl/N-ethyl adjacent to an activating group) is 1. The number of esters is 1. The second kappa shape index (κ2) is 16.4. The van der Waals surface area contributed by atoms with E-state index in [9.17, 15) is 30.0 Å². The minimum Gasteiger partial charge on any atom is -0.461 e. The number of nitrogens with zero attached hydrogens (tertiary/aromatic N) is 1. The highest BCUT2D eigenvalue weighted by Gasteiger charge is 2.52. The first-order valence-electron chi connectivity index (χ1n) is 18.7. The van der Waals surface area contributed by atoms with Gasteiger partial charge in [0.2, 0.25) is 0 Å². The molecule has 0 saturated carbocycles. The third-order valence-corrected chi connectivity index (χ3v) is 12.0. The molecule has 0 aromatic rings. The normalized spacial score (nSPS) is 46.7. The first kappa shape index (κ1) is 43.2. The van der Waals surface area contributed by atoms with Crippen LogP contribution in [0.2, 0.25) is 0 Å². The molecule has 0 amide bonds. The maximum Gasteiger partial charge on any atom is 0.311 e. The Bertz CT molecular complexity index is 1140. The number of hydrogen-bond donors (Lipinski definition) is 4. The van der Waals surface area contributed by atoms with Gasteiger partial charge < -0.3 is 49.0 Å². The Balaban J connectivity index is 2.17. The highest BCUT2D eigenvalue weighted by molar-refractivity contribution is 5.83. The monoisotopic (exact) mass is 715 g/mol. The highest BCUT2D eigenvalue weighted by Crippen LogP contribution is 2.42. The van der Waals surface area contributed by atoms with Crippen molar-refractivity contribution in [2.75, 3.05) is 14.1 Å². The highest BCUT2D eigenvalue weighted by atomic mass is 16.7. The molecule has 3 heterocycles. The Morgan fingerprint density at radius 1 is 0.860 bits per heavy atom. The van der Waals surface area contributed by atoms with Gasteiger partial charge in [0, 0.05) is 35.6 Å². The zero-order valence-electron chi connectivity index (χ0n) is 33.1. The Morgan fingerprint density at radius 2 is 1.46 bits per heavy atom. The number of ether oxygens (including phenoxy) is 5. The van der Waals surface area contributed by atoms with E-state index in [4.69, 9.17) is 23.7 Å². The summed E-state index contributed by atoms with van der Waals surface area (Å²) in [4.78, 5) is 30.0. The molecule has 9 unspecified atom stereocenters. The summed E-state index contributed by atoms with van der Waals surface area (Å²) in [6, 6.07) is -0.286. The van der Waals surface area contributed by atoms with Gasteiger partial charge >= 0.3 is 5.97 Å². The molecule has 4 N–H and O–H groups in total. The molecule has 3 aliphatic heterocycles. The van der Waals surface area contributed by atoms with E-state index in [1.165, 1.54) is 0 Å². The van der Waals surface area contributed by atoms with E-state index in [2.05, 4.69) is 0 Å². The zero-order valence-corrected chi connectivity index (χ0v) is 33.1. The molecule has 50 heavy (non-hydrogen) atoms. The van der Waals surface area contributed by atoms with Crippen LogP contribution in [0.15, 0.2) is 0 Å². The Labute approximate surface area is 300 Å². The summed E-state index contributed by atoms with van der Waals surface area (Å²) < 4.78 is 31.8. The van der Waals surface area contributed by atoms with Gasteiger partial charge in [0.1, 0.15) is 18.0 Å². The van der Waals surface area contributed by atoms with Crippen molar-refractivity contribution < 1.29 is 53.7 Å². The number of hydrogen-bond acceptors (Lipinski definition) is 12. The first-order valence-corrected chi connectivity index (χ1v) is 18.7. The van der Waals surface area contributed by atoms with Crippen LogP contribution in [0.1, 0.15) is 109 Å². The molecule has 0 spiro atoms. The molecule has 0 aliphatic carbocycles. The number of rotatable bonds is 6. The molecular weight excluding hydrogens is 646 g/mol. The second-order valence-electron chi connectivity index (χ2n) is 17.5. The van der Waals surface area contributed by atoms with Gasteiger partial charge in [0.25, 0.3) is 0 Å². The number of carbonyl (C=O) groups excluding carboxylic acids is 2. The van der Waals surface area contributed by atoms with Crippen LogP contribution in [0.5, 0.6) is 0 Å². The Kier molecular flexibility index (Phi) is 14.2. The quantitative estimate of drug-likeness (QED) is 0.296. The molecule has 0 aromatic carbocycles. The molecule has 292 valence electrons. The van der Waals surface area contributed by atoms with Crippen molar-refractivity contribution in [3.8, 4) is 0 Å². The van der Waals surface area contributed by atoms with Gasteiger partial charge in [-0.05, 0) is 66.5 Å². The summed E-state index contributed by atoms with van der Waals surface area (Å²) in [5.41, 5.74) is -3.24. The van der Waals surface area contributed by atoms with Crippen molar-refractivity contribution >= 4 is 11.8 Å². The van der Waals surface area contributed by atoms with E-state index < -0.39 is 101 Å². The smallest absolute Gasteiger partial charge is 0.311 e. The van der Waals surface area contributed by atoms with Gasteiger partial charge in [-0.25, -0.2) is 0 Å². The summed E-state index contributed by atoms with van der Waals surface area (Å²) in [5.74, 6) is -3.97. The lowest BCUT2D eigenvalue weighted by molar-refractivity contribution is -0.312. The minimum atomic E-state index is -1.70. The Morgan fingerprint density at radius 3 is 2.00 bits per heavy atom. The summed E-state index contributed by atoms with van der Waals surface area (Å²) in [7, 11) is 3.75. The number of cyclic esters (lactones) is 1. The summed E-state index contributed by atoms with van der Waals surface area (Å²) in [5, 5.41) is 46.3. The molecular formula is C38H69NO11. The van der Waals surface area contributed by atoms with Crippen LogP contribution in [0.3, 0.4) is 0 Å². The fraction of sp³-hybridized carbons (Fsp3) is 0.947. The molecule has 3 aliphatic rings. The van der Waals surface area contributed by atoms with Crippen molar-refractivity contribution in [2.24, 2.45) is 34.5 Å². The lowest BCUT2D eigenvalue weighted by Gasteiger charge is -2.49. The SMILES string of the molecule is CC[C@H]1OC(=O)[C@H](C)C(OC2CC(C)(C)C(O)[C@H](C)O2)[C@H](C)C(OC2O[C@H](C)CC(N(C)C)C2O)C(C)(O)C[C@@H](C)C(=O)[C@H](C)C(O)C1(C)C. The molecule has 3 fully saturated rings. The predicted molar refractivity (Wildman–Crippen MR) is 188 cm³/mol. The van der Waals surface area contributed by atoms with Gasteiger partial charge in [0.15, 0.2) is 12.6 Å². The Hall–Kier alpha value is -1.22. The van der Waals surface area contributed by atoms with Crippen molar-refractivity contribution in [3.05, 3.63) is 0 Å². The third kappa shape index (κ3) is 9.28. The van der Waals surface area contributed by atoms with E-state index in [-0.39, 0.29) is 24.3 Å². The van der Waals surface area contributed by atoms with Gasteiger partial charge in [-0.2, -0.15) is 0 Å². The van der Waals surface area contributed by atoms with Crippen LogP contribution in [-0.2, 0) is 33.3 Å². The van der Waals surface area contributed by atoms with E-state index in [0.717, 1.165) is 0 Å². The largest absolute Gasteiger partial charge is 0.461 e. The van der Waals surface area contributed by atoms with Gasteiger partial charge in [-0.15, -0.1) is 0 Å². The van der Waals surface area contributed by atoms with Crippen LogP contribution >= 0.6 is 0 Å². The van der Waals surface area contributed by atoms with Gasteiger partial charge in [0.05, 0.1) is 48.1 Å². The van der Waals surface area contributed by atoms with Gasteiger partial charge in [-0.1, -0.05) is 55.4 Å². The van der Waals surface area contributed by atoms with Crippen LogP contribution < -0.4 is 0 Å². The average Bonchev–Trinajstić information content (AvgIpc) is 3.01. The second-order valence-corrected chi connectivity index (χ2v) is 17.5. The average molecular weight is 716 g/mol. The molecule has 12 nitrogen and oxygen atoms in total. The lowest BCUT2D eigenvalue weighted by Crippen LogP contribution is -2.60. The lowest BCUT2D eigenvalue weighted by atomic mass is 9.70. The zero-order chi connectivity index (χ0) is 38.3. The number of Topliss-reactive ketones (excluding diaryl/α,β-unsaturated/α-hetero) is 1. The summed E-state index contributed by atoms with van der Waals surface area (Å²) >= 11 is 0. The maximum atomic E-state index is 14.2. The minimum absolute atomic E-state index is 0.0350. The summed E-state index contributed by atoms with van der Waals surface area (Å²) in [6.07, 6.45) is -7.23. The maximum absolute atomic E-state index is 14.2. The van der Waals surface area contributed by atoms with Crippen LogP contribution in [0.25, 0.3) is 0 Å². The number of ketones is 1. The molecule has 12 heteroatoms. The molecule has 3 rings (SSSR count). The fourth-order valence-corrected chi connectivity index (χ4v) is 8.73. The van der Waals surface area contributed by atoms with E-state index in [1.54, 1.807) is 48.5 Å². The van der Waals surface area contributed by atoms with Crippen molar-refractivity contribution in [2.45, 2.75) is 182 Å². The standard InChI is InChI=1S/C38H69NO11/c1-15-26-37(10,11)31(42)21(4)28(40)19(2)17-38(12,45)33(50-35-29(41)25(39(13)14)16-20(3)46-35)22(5)30(23(6)34(44)48-26)49-27-18-36(8,9)32(43)24(7)47-27/h19-27,29-33,35,41-43,45H,15-18H2,1-14H3/t19-,20-,21+,22+,23-,24+,25?,26-,27?,29?,30?,31?,32?,33?,35?,38?/m1/s1. The molecule has 0 radical (unpaired) electrons. The third-order valence-electron chi connectivity index (χ3n) is 12.0. The molecule has 0 bridgehead atoms. The topological polar surface area (TPSA) is 164 Å². The van der Waals surface area contributed by atoms with Crippen LogP contribution in [-0.4, -0.2) is 124 Å². The number of aliphatic hydroxyl groups excluding tert-OH is 3. The van der Waals surface area contributed by atoms with Crippen LogP contribution in [0.4, 0.5) is 0 Å². The van der Waals surface area contributed by atoms with E-state index in [0.29, 0.717) is 19.3 Å². The molecule has 16 atom stereocenters. The van der Waals surface area contributed by atoms with Crippen molar-refractivity contribution in [1.29, 1.82) is 0 Å². The summed E-state index contributed by atoms with van der Waals surface area (Å²) in [6.45, 7) is 21.5. The van der Waals surface area contributed by atoms with Crippen molar-refractivity contribution in [1.82, 2.24) is 4.90 Å². The molecule has 0 aromatic heterocycles. The van der Waals surface area contributed by atoms with Crippen LogP contribution in [0, 0.1) is 34.5 Å². The predicted octanol–water partition coefficient (Wildman–Crippen LogP) is 3.68. The first-order chi connectivity index (χ1) is 22.9. The number of carbonyl (C=O) groups is 2. The van der Waals surface area contributed by atoms with E-state index in [1.807, 2.05) is 53.6 Å². The molecule has 3 saturated heterocycles. The number of aliphatic hydroxyl groups is 4. The van der Waals surface area contributed by atoms with Crippen molar-refractivity contribution in [3.63, 3.8) is 0 Å². The van der Waals surface area contributed by atoms with E-state index >= 15 is 0 Å². The van der Waals surface area contributed by atoms with Gasteiger partial charge in [-0.3, -0.25) is 9.59 Å².